The van der Waals surface area contributed by atoms with Gasteiger partial charge in [-0.15, -0.1) is 11.8 Å². The van der Waals surface area contributed by atoms with Crippen molar-refractivity contribution in [2.24, 2.45) is 5.10 Å². The number of nitrogens with one attached hydrogen (secondary N) is 1. The Bertz CT molecular complexity index is 855. The molecule has 140 valence electrons. The van der Waals surface area contributed by atoms with Crippen LogP contribution in [0.5, 0.6) is 11.5 Å². The van der Waals surface area contributed by atoms with E-state index in [4.69, 9.17) is 9.47 Å². The van der Waals surface area contributed by atoms with Crippen LogP contribution in [-0.2, 0) is 10.5 Å². The minimum Gasteiger partial charge on any atom is -0.486 e. The van der Waals surface area contributed by atoms with E-state index in [9.17, 15) is 14.9 Å². The Labute approximate surface area is 159 Å². The van der Waals surface area contributed by atoms with Gasteiger partial charge in [0, 0.05) is 23.4 Å². The molecule has 27 heavy (non-hydrogen) atoms. The van der Waals surface area contributed by atoms with Crippen LogP contribution in [0.2, 0.25) is 0 Å². The standard InChI is InChI=1S/C18H17N3O5S/c22-17(12-27-11-13-4-6-15(7-5-13)21(23)24)20-19-10-14-2-1-3-16-18(14)26-9-8-25-16/h1-7,10H,8-9,11-12H2,(H,20,22)/b19-10-. The smallest absolute Gasteiger partial charge is 0.269 e. The first-order chi connectivity index (χ1) is 13.1. The molecule has 8 nitrogen and oxygen atoms in total. The number of carbonyl (C=O) groups excluding carboxylic acids is 1. The summed E-state index contributed by atoms with van der Waals surface area (Å²) < 4.78 is 11.1. The van der Waals surface area contributed by atoms with Crippen molar-refractivity contribution in [3.05, 3.63) is 63.7 Å². The monoisotopic (exact) mass is 387 g/mol. The number of thioether (sulfide) groups is 1. The summed E-state index contributed by atoms with van der Waals surface area (Å²) in [7, 11) is 0. The van der Waals surface area contributed by atoms with Crippen LogP contribution in [0.1, 0.15) is 11.1 Å². The summed E-state index contributed by atoms with van der Waals surface area (Å²) in [6.45, 7) is 0.986. The Kier molecular flexibility index (Phi) is 6.26. The molecule has 1 aliphatic heterocycles. The van der Waals surface area contributed by atoms with Gasteiger partial charge in [0.15, 0.2) is 11.5 Å². The van der Waals surface area contributed by atoms with E-state index in [0.717, 1.165) is 11.1 Å². The second-order valence-corrected chi connectivity index (χ2v) is 6.57. The molecule has 1 heterocycles. The molecule has 0 radical (unpaired) electrons. The number of hydrazone groups is 1. The van der Waals surface area contributed by atoms with Crippen LogP contribution in [0.25, 0.3) is 0 Å². The summed E-state index contributed by atoms with van der Waals surface area (Å²) in [5.74, 6) is 1.84. The zero-order valence-electron chi connectivity index (χ0n) is 14.3. The number of benzene rings is 2. The molecule has 1 N–H and O–H groups in total. The normalized spacial score (nSPS) is 12.7. The zero-order valence-corrected chi connectivity index (χ0v) is 15.1. The number of ether oxygens (including phenoxy) is 2. The summed E-state index contributed by atoms with van der Waals surface area (Å²) in [5.41, 5.74) is 4.16. The number of amides is 1. The van der Waals surface area contributed by atoms with Gasteiger partial charge in [-0.05, 0) is 17.7 Å². The first-order valence-corrected chi connectivity index (χ1v) is 9.30. The van der Waals surface area contributed by atoms with Crippen molar-refractivity contribution in [2.75, 3.05) is 19.0 Å². The second kappa shape index (κ2) is 9.04. The first kappa shape index (κ1) is 18.7. The molecule has 0 spiro atoms. The maximum absolute atomic E-state index is 11.9. The summed E-state index contributed by atoms with van der Waals surface area (Å²) in [5, 5.41) is 14.6. The Morgan fingerprint density at radius 1 is 1.22 bits per heavy atom. The molecular formula is C18H17N3O5S. The Balaban J connectivity index is 1.45. The molecular weight excluding hydrogens is 370 g/mol. The number of non-ortho nitro benzene ring substituents is 1. The molecule has 3 rings (SSSR count). The van der Waals surface area contributed by atoms with Gasteiger partial charge in [0.25, 0.3) is 5.69 Å². The summed E-state index contributed by atoms with van der Waals surface area (Å²) >= 11 is 1.40. The molecule has 1 amide bonds. The van der Waals surface area contributed by atoms with Crippen molar-refractivity contribution >= 4 is 29.6 Å². The van der Waals surface area contributed by atoms with Crippen LogP contribution >= 0.6 is 11.8 Å². The van der Waals surface area contributed by atoms with Gasteiger partial charge in [-0.25, -0.2) is 5.43 Å². The van der Waals surface area contributed by atoms with Crippen LogP contribution in [0, 0.1) is 10.1 Å². The lowest BCUT2D eigenvalue weighted by atomic mass is 10.2. The highest BCUT2D eigenvalue weighted by atomic mass is 32.2. The van der Waals surface area contributed by atoms with Crippen molar-refractivity contribution in [3.8, 4) is 11.5 Å². The van der Waals surface area contributed by atoms with Crippen LogP contribution in [0.4, 0.5) is 5.69 Å². The molecule has 0 fully saturated rings. The number of para-hydroxylation sites is 1. The van der Waals surface area contributed by atoms with Gasteiger partial charge in [-0.1, -0.05) is 18.2 Å². The van der Waals surface area contributed by atoms with E-state index in [-0.39, 0.29) is 17.3 Å². The van der Waals surface area contributed by atoms with Gasteiger partial charge < -0.3 is 9.47 Å². The number of fused-ring (bicyclic) bond motifs is 1. The molecule has 2 aromatic rings. The number of carbonyl (C=O) groups is 1. The van der Waals surface area contributed by atoms with Crippen molar-refractivity contribution in [1.82, 2.24) is 5.43 Å². The second-order valence-electron chi connectivity index (χ2n) is 5.58. The van der Waals surface area contributed by atoms with Crippen molar-refractivity contribution in [2.45, 2.75) is 5.75 Å². The molecule has 9 heteroatoms. The number of rotatable bonds is 7. The fourth-order valence-electron chi connectivity index (χ4n) is 2.38. The SMILES string of the molecule is O=C(CSCc1ccc([N+](=O)[O-])cc1)N/N=C\c1cccc2c1OCCO2. The Morgan fingerprint density at radius 3 is 2.78 bits per heavy atom. The number of hydrogen-bond donors (Lipinski definition) is 1. The third kappa shape index (κ3) is 5.20. The quantitative estimate of drug-likeness (QED) is 0.445. The predicted octanol–water partition coefficient (Wildman–Crippen LogP) is 2.75. The number of nitro benzene ring substituents is 1. The minimum absolute atomic E-state index is 0.0494. The van der Waals surface area contributed by atoms with Gasteiger partial charge in [0.05, 0.1) is 16.9 Å². The summed E-state index contributed by atoms with van der Waals surface area (Å²) in [6, 6.07) is 11.7. The molecule has 0 bridgehead atoms. The Morgan fingerprint density at radius 2 is 2.00 bits per heavy atom. The highest BCUT2D eigenvalue weighted by molar-refractivity contribution is 7.99. The van der Waals surface area contributed by atoms with Crippen molar-refractivity contribution in [3.63, 3.8) is 0 Å². The fraction of sp³-hybridized carbons (Fsp3) is 0.222. The maximum Gasteiger partial charge on any atom is 0.269 e. The third-order valence-corrected chi connectivity index (χ3v) is 4.64. The van der Waals surface area contributed by atoms with Crippen LogP contribution in [0.3, 0.4) is 0 Å². The molecule has 1 aliphatic rings. The van der Waals surface area contributed by atoms with E-state index in [1.54, 1.807) is 12.1 Å². The third-order valence-electron chi connectivity index (χ3n) is 3.64. The average Bonchev–Trinajstić information content (AvgIpc) is 2.68. The highest BCUT2D eigenvalue weighted by Crippen LogP contribution is 2.32. The topological polar surface area (TPSA) is 103 Å². The van der Waals surface area contributed by atoms with E-state index in [0.29, 0.717) is 30.5 Å². The molecule has 0 aliphatic carbocycles. The van der Waals surface area contributed by atoms with E-state index in [2.05, 4.69) is 10.5 Å². The van der Waals surface area contributed by atoms with Gasteiger partial charge in [-0.2, -0.15) is 5.10 Å². The van der Waals surface area contributed by atoms with Crippen LogP contribution in [0.15, 0.2) is 47.6 Å². The van der Waals surface area contributed by atoms with Crippen LogP contribution < -0.4 is 14.9 Å². The first-order valence-electron chi connectivity index (χ1n) is 8.15. The lowest BCUT2D eigenvalue weighted by molar-refractivity contribution is -0.384. The highest BCUT2D eigenvalue weighted by Gasteiger charge is 2.14. The molecule has 0 saturated carbocycles. The molecule has 2 aromatic carbocycles. The largest absolute Gasteiger partial charge is 0.486 e. The van der Waals surface area contributed by atoms with Gasteiger partial charge in [0.2, 0.25) is 5.91 Å². The average molecular weight is 387 g/mol. The lowest BCUT2D eigenvalue weighted by Crippen LogP contribution is -2.20. The van der Waals surface area contributed by atoms with Gasteiger partial charge in [0.1, 0.15) is 13.2 Å². The van der Waals surface area contributed by atoms with Gasteiger partial charge in [-0.3, -0.25) is 14.9 Å². The maximum atomic E-state index is 11.9. The number of hydrogen-bond acceptors (Lipinski definition) is 7. The summed E-state index contributed by atoms with van der Waals surface area (Å²) in [6.07, 6.45) is 1.52. The number of nitrogens with zero attached hydrogens (tertiary/aromatic N) is 2. The van der Waals surface area contributed by atoms with Gasteiger partial charge >= 0.3 is 0 Å². The summed E-state index contributed by atoms with van der Waals surface area (Å²) in [4.78, 5) is 22.0. The molecule has 0 aromatic heterocycles. The van der Waals surface area contributed by atoms with E-state index in [1.807, 2.05) is 18.2 Å². The predicted molar refractivity (Wildman–Crippen MR) is 102 cm³/mol. The lowest BCUT2D eigenvalue weighted by Gasteiger charge is -2.19. The van der Waals surface area contributed by atoms with Crippen molar-refractivity contribution in [1.29, 1.82) is 0 Å². The molecule has 0 unspecified atom stereocenters. The minimum atomic E-state index is -0.441. The van der Waals surface area contributed by atoms with E-state index < -0.39 is 4.92 Å². The van der Waals surface area contributed by atoms with E-state index >= 15 is 0 Å². The van der Waals surface area contributed by atoms with E-state index in [1.165, 1.54) is 30.1 Å². The Hall–Kier alpha value is -3.07. The van der Waals surface area contributed by atoms with Crippen LogP contribution in [-0.4, -0.2) is 36.0 Å². The van der Waals surface area contributed by atoms with Crippen molar-refractivity contribution < 1.29 is 19.2 Å². The molecule has 0 saturated heterocycles. The number of nitro groups is 1. The fourth-order valence-corrected chi connectivity index (χ4v) is 3.16. The molecule has 0 atom stereocenters. The zero-order chi connectivity index (χ0) is 19.1.